The molecule has 3 aromatic rings. The molecule has 0 aliphatic rings. The van der Waals surface area contributed by atoms with Crippen molar-refractivity contribution in [1.29, 1.82) is 0 Å². The van der Waals surface area contributed by atoms with Gasteiger partial charge in [0.05, 0.1) is 13.2 Å². The number of rotatable bonds is 5. The van der Waals surface area contributed by atoms with Gasteiger partial charge in [0.1, 0.15) is 17.1 Å². The quantitative estimate of drug-likeness (QED) is 0.623. The van der Waals surface area contributed by atoms with E-state index in [1.165, 1.54) is 0 Å². The number of allylic oxidation sites excluding steroid dienone is 1. The average molecular weight is 363 g/mol. The number of hydrogen-bond acceptors (Lipinski definition) is 3. The molecule has 4 heteroatoms. The van der Waals surface area contributed by atoms with E-state index in [0.29, 0.717) is 5.75 Å². The number of fused-ring (bicyclic) bond motifs is 1. The predicted molar refractivity (Wildman–Crippen MR) is 109 cm³/mol. The molecule has 0 aliphatic heterocycles. The highest BCUT2D eigenvalue weighted by atomic mass is 16.5. The second-order valence-corrected chi connectivity index (χ2v) is 6.80. The molecule has 2 aromatic carbocycles. The van der Waals surface area contributed by atoms with Gasteiger partial charge in [-0.3, -0.25) is 4.79 Å². The molecule has 140 valence electrons. The molecular weight excluding hydrogens is 338 g/mol. The number of amides is 1. The monoisotopic (exact) mass is 363 g/mol. The van der Waals surface area contributed by atoms with Crippen LogP contribution in [0.3, 0.4) is 0 Å². The number of methoxy groups -OCH3 is 1. The van der Waals surface area contributed by atoms with Crippen LogP contribution in [0.15, 0.2) is 53.0 Å². The number of ether oxygens (including phenoxy) is 1. The van der Waals surface area contributed by atoms with E-state index in [1.807, 2.05) is 70.2 Å². The SMILES string of the molecule is COc1cc2oc(C)c(C)c2cc1/C(C)=C/C(=O)NC(C)c1ccccc1. The molecule has 1 heterocycles. The molecule has 4 nitrogen and oxygen atoms in total. The Labute approximate surface area is 159 Å². The van der Waals surface area contributed by atoms with Crippen molar-refractivity contribution in [2.24, 2.45) is 0 Å². The summed E-state index contributed by atoms with van der Waals surface area (Å²) in [5.41, 5.74) is 4.69. The summed E-state index contributed by atoms with van der Waals surface area (Å²) >= 11 is 0. The Morgan fingerprint density at radius 1 is 1.19 bits per heavy atom. The second-order valence-electron chi connectivity index (χ2n) is 6.80. The molecule has 0 bridgehead atoms. The summed E-state index contributed by atoms with van der Waals surface area (Å²) in [5, 5.41) is 4.05. The van der Waals surface area contributed by atoms with Crippen LogP contribution in [0.5, 0.6) is 5.75 Å². The van der Waals surface area contributed by atoms with E-state index in [9.17, 15) is 4.79 Å². The van der Waals surface area contributed by atoms with Crippen molar-refractivity contribution in [2.75, 3.05) is 7.11 Å². The minimum absolute atomic E-state index is 0.0640. The van der Waals surface area contributed by atoms with Crippen LogP contribution < -0.4 is 10.1 Å². The number of carbonyl (C=O) groups is 1. The van der Waals surface area contributed by atoms with E-state index in [4.69, 9.17) is 9.15 Å². The molecule has 0 aliphatic carbocycles. The van der Waals surface area contributed by atoms with Crippen LogP contribution in [0, 0.1) is 13.8 Å². The van der Waals surface area contributed by atoms with E-state index in [1.54, 1.807) is 13.2 Å². The molecule has 0 radical (unpaired) electrons. The molecule has 3 rings (SSSR count). The van der Waals surface area contributed by atoms with Crippen molar-refractivity contribution >= 4 is 22.4 Å². The topological polar surface area (TPSA) is 51.5 Å². The molecule has 1 aromatic heterocycles. The van der Waals surface area contributed by atoms with Crippen LogP contribution in [0.1, 0.15) is 42.3 Å². The summed E-state index contributed by atoms with van der Waals surface area (Å²) in [6.07, 6.45) is 1.62. The highest BCUT2D eigenvalue weighted by molar-refractivity contribution is 5.97. The summed E-state index contributed by atoms with van der Waals surface area (Å²) in [7, 11) is 1.62. The second kappa shape index (κ2) is 7.70. The van der Waals surface area contributed by atoms with E-state index >= 15 is 0 Å². The van der Waals surface area contributed by atoms with Crippen molar-refractivity contribution in [3.63, 3.8) is 0 Å². The number of aryl methyl sites for hydroxylation is 2. The van der Waals surface area contributed by atoms with Gasteiger partial charge >= 0.3 is 0 Å². The zero-order valence-electron chi connectivity index (χ0n) is 16.4. The first-order chi connectivity index (χ1) is 12.9. The van der Waals surface area contributed by atoms with Crippen LogP contribution in [-0.2, 0) is 4.79 Å². The largest absolute Gasteiger partial charge is 0.496 e. The molecule has 27 heavy (non-hydrogen) atoms. The van der Waals surface area contributed by atoms with Gasteiger partial charge in [0.2, 0.25) is 5.91 Å². The highest BCUT2D eigenvalue weighted by Crippen LogP contribution is 2.34. The Balaban J connectivity index is 1.88. The normalized spacial score (nSPS) is 12.9. The maximum atomic E-state index is 12.5. The van der Waals surface area contributed by atoms with Gasteiger partial charge in [-0.15, -0.1) is 0 Å². The lowest BCUT2D eigenvalue weighted by Crippen LogP contribution is -2.24. The van der Waals surface area contributed by atoms with Gasteiger partial charge in [-0.2, -0.15) is 0 Å². The smallest absolute Gasteiger partial charge is 0.244 e. The molecule has 1 atom stereocenters. The molecule has 0 saturated carbocycles. The molecule has 1 unspecified atom stereocenters. The molecule has 0 spiro atoms. The minimum atomic E-state index is -0.133. The van der Waals surface area contributed by atoms with Gasteiger partial charge in [-0.25, -0.2) is 0 Å². The lowest BCUT2D eigenvalue weighted by atomic mass is 10.0. The molecule has 1 amide bonds. The van der Waals surface area contributed by atoms with E-state index < -0.39 is 0 Å². The van der Waals surface area contributed by atoms with E-state index in [0.717, 1.165) is 39.0 Å². The third-order valence-corrected chi connectivity index (χ3v) is 4.93. The van der Waals surface area contributed by atoms with Crippen LogP contribution >= 0.6 is 0 Å². The maximum absolute atomic E-state index is 12.5. The zero-order valence-corrected chi connectivity index (χ0v) is 16.4. The number of nitrogens with one attached hydrogen (secondary N) is 1. The van der Waals surface area contributed by atoms with Gasteiger partial charge < -0.3 is 14.5 Å². The lowest BCUT2D eigenvalue weighted by molar-refractivity contribution is -0.117. The fraction of sp³-hybridized carbons (Fsp3) is 0.261. The third kappa shape index (κ3) is 3.90. The van der Waals surface area contributed by atoms with Crippen molar-refractivity contribution in [2.45, 2.75) is 33.7 Å². The van der Waals surface area contributed by atoms with Crippen molar-refractivity contribution in [3.05, 3.63) is 71.0 Å². The predicted octanol–water partition coefficient (Wildman–Crippen LogP) is 5.34. The van der Waals surface area contributed by atoms with Gasteiger partial charge in [-0.05, 0) is 50.5 Å². The minimum Gasteiger partial charge on any atom is -0.496 e. The Morgan fingerprint density at radius 3 is 2.56 bits per heavy atom. The maximum Gasteiger partial charge on any atom is 0.244 e. The van der Waals surface area contributed by atoms with Crippen LogP contribution in [0.4, 0.5) is 0 Å². The van der Waals surface area contributed by atoms with Gasteiger partial charge in [0.15, 0.2) is 0 Å². The van der Waals surface area contributed by atoms with Crippen LogP contribution in [-0.4, -0.2) is 13.0 Å². The Hall–Kier alpha value is -3.01. The number of furan rings is 1. The molecule has 0 saturated heterocycles. The Morgan fingerprint density at radius 2 is 1.89 bits per heavy atom. The van der Waals surface area contributed by atoms with Gasteiger partial charge in [0, 0.05) is 23.1 Å². The summed E-state index contributed by atoms with van der Waals surface area (Å²) < 4.78 is 11.3. The fourth-order valence-electron chi connectivity index (χ4n) is 3.20. The van der Waals surface area contributed by atoms with Crippen molar-refractivity contribution in [3.8, 4) is 5.75 Å². The molecule has 1 N–H and O–H groups in total. The summed E-state index contributed by atoms with van der Waals surface area (Å²) in [6, 6.07) is 13.7. The summed E-state index contributed by atoms with van der Waals surface area (Å²) in [4.78, 5) is 12.5. The highest BCUT2D eigenvalue weighted by Gasteiger charge is 2.15. The van der Waals surface area contributed by atoms with Gasteiger partial charge in [-0.1, -0.05) is 30.3 Å². The van der Waals surface area contributed by atoms with Crippen LogP contribution in [0.25, 0.3) is 16.5 Å². The first kappa shape index (κ1) is 18.8. The third-order valence-electron chi connectivity index (χ3n) is 4.93. The Bertz CT molecular complexity index is 999. The van der Waals surface area contributed by atoms with Gasteiger partial charge in [0.25, 0.3) is 0 Å². The van der Waals surface area contributed by atoms with Crippen molar-refractivity contribution < 1.29 is 13.9 Å². The fourth-order valence-corrected chi connectivity index (χ4v) is 3.20. The summed E-state index contributed by atoms with van der Waals surface area (Å²) in [6.45, 7) is 7.87. The molecule has 0 fully saturated rings. The van der Waals surface area contributed by atoms with Crippen LogP contribution in [0.2, 0.25) is 0 Å². The Kier molecular flexibility index (Phi) is 5.36. The number of hydrogen-bond donors (Lipinski definition) is 1. The first-order valence-electron chi connectivity index (χ1n) is 9.02. The van der Waals surface area contributed by atoms with Crippen molar-refractivity contribution in [1.82, 2.24) is 5.32 Å². The van der Waals surface area contributed by atoms with E-state index in [2.05, 4.69) is 5.32 Å². The summed E-state index contributed by atoms with van der Waals surface area (Å²) in [5.74, 6) is 1.44. The number of benzene rings is 2. The standard InChI is InChI=1S/C23H25NO3/c1-14(11-23(25)24-16(3)18-9-7-6-8-10-18)19-12-20-15(2)17(4)27-22(20)13-21(19)26-5/h6-13,16H,1-5H3,(H,24,25)/b14-11+. The number of carbonyl (C=O) groups excluding carboxylic acids is 1. The van der Waals surface area contributed by atoms with E-state index in [-0.39, 0.29) is 11.9 Å². The molecular formula is C23H25NO3. The average Bonchev–Trinajstić information content (AvgIpc) is 2.94. The lowest BCUT2D eigenvalue weighted by Gasteiger charge is -2.14. The zero-order chi connectivity index (χ0) is 19.6. The first-order valence-corrected chi connectivity index (χ1v) is 9.02.